The summed E-state index contributed by atoms with van der Waals surface area (Å²) in [6.45, 7) is 0. The van der Waals surface area contributed by atoms with Crippen LogP contribution in [0.1, 0.15) is 32.6 Å². The van der Waals surface area contributed by atoms with E-state index in [1.165, 1.54) is 34.4 Å². The van der Waals surface area contributed by atoms with Crippen LogP contribution < -0.4 is 0 Å². The molecule has 31 heavy (non-hydrogen) atoms. The molecule has 0 aliphatic heterocycles. The summed E-state index contributed by atoms with van der Waals surface area (Å²) in [7, 11) is 0. The van der Waals surface area contributed by atoms with E-state index in [0.717, 1.165) is 23.1 Å². The standard InChI is InChI=1S/C28H19FO2/c29-24-11-8-19(9-12-24)20-10-14-27(28(30)31)22(16-20)7-5-18-6-13-26-23(15-18)17-21-3-1-2-4-25(21)26/h1-16H,17H2,(H,30,31). The number of aromatic carboxylic acids is 1. The molecule has 0 aromatic heterocycles. The Bertz CT molecular complexity index is 1330. The highest BCUT2D eigenvalue weighted by atomic mass is 19.1. The van der Waals surface area contributed by atoms with Gasteiger partial charge in [-0.3, -0.25) is 0 Å². The van der Waals surface area contributed by atoms with Crippen molar-refractivity contribution >= 4 is 18.1 Å². The van der Waals surface area contributed by atoms with Gasteiger partial charge in [-0.05, 0) is 75.2 Å². The lowest BCUT2D eigenvalue weighted by atomic mass is 9.97. The Kier molecular flexibility index (Phi) is 4.72. The van der Waals surface area contributed by atoms with Gasteiger partial charge in [0.05, 0.1) is 5.56 Å². The first-order chi connectivity index (χ1) is 15.1. The first kappa shape index (κ1) is 19.0. The molecule has 0 fully saturated rings. The van der Waals surface area contributed by atoms with Crippen LogP contribution in [0.2, 0.25) is 0 Å². The van der Waals surface area contributed by atoms with Crippen LogP contribution >= 0.6 is 0 Å². The molecule has 0 radical (unpaired) electrons. The average molecular weight is 406 g/mol. The van der Waals surface area contributed by atoms with Crippen molar-refractivity contribution in [1.82, 2.24) is 0 Å². The molecule has 0 spiro atoms. The summed E-state index contributed by atoms with van der Waals surface area (Å²) < 4.78 is 13.3. The molecule has 0 bridgehead atoms. The summed E-state index contributed by atoms with van der Waals surface area (Å²) >= 11 is 0. The van der Waals surface area contributed by atoms with Crippen molar-refractivity contribution in [1.29, 1.82) is 0 Å². The molecule has 4 aromatic rings. The Morgan fingerprint density at radius 1 is 0.774 bits per heavy atom. The van der Waals surface area contributed by atoms with Crippen LogP contribution in [0.3, 0.4) is 0 Å². The fourth-order valence-electron chi connectivity index (χ4n) is 4.17. The van der Waals surface area contributed by atoms with Gasteiger partial charge in [0.15, 0.2) is 0 Å². The van der Waals surface area contributed by atoms with E-state index >= 15 is 0 Å². The van der Waals surface area contributed by atoms with E-state index in [2.05, 4.69) is 42.5 Å². The number of carboxylic acid groups (broad SMARTS) is 1. The molecule has 4 aromatic carbocycles. The normalized spacial score (nSPS) is 12.0. The lowest BCUT2D eigenvalue weighted by molar-refractivity contribution is 0.0696. The second-order valence-electron chi connectivity index (χ2n) is 7.70. The minimum atomic E-state index is -0.977. The smallest absolute Gasteiger partial charge is 0.336 e. The maximum absolute atomic E-state index is 13.3. The summed E-state index contributed by atoms with van der Waals surface area (Å²) in [6, 6.07) is 26.1. The van der Waals surface area contributed by atoms with E-state index in [9.17, 15) is 14.3 Å². The molecule has 2 nitrogen and oxygen atoms in total. The average Bonchev–Trinajstić information content (AvgIpc) is 3.15. The van der Waals surface area contributed by atoms with E-state index in [4.69, 9.17) is 0 Å². The third kappa shape index (κ3) is 3.66. The molecular formula is C28H19FO2. The Morgan fingerprint density at radius 3 is 2.32 bits per heavy atom. The lowest BCUT2D eigenvalue weighted by Crippen LogP contribution is -1.99. The third-order valence-corrected chi connectivity index (χ3v) is 5.73. The predicted octanol–water partition coefficient (Wildman–Crippen LogP) is 6.93. The topological polar surface area (TPSA) is 37.3 Å². The lowest BCUT2D eigenvalue weighted by Gasteiger charge is -2.07. The Labute approximate surface area is 179 Å². The number of fused-ring (bicyclic) bond motifs is 3. The molecule has 5 rings (SSSR count). The van der Waals surface area contributed by atoms with Crippen molar-refractivity contribution in [3.8, 4) is 22.3 Å². The van der Waals surface area contributed by atoms with Crippen LogP contribution in [-0.2, 0) is 6.42 Å². The second kappa shape index (κ2) is 7.69. The summed E-state index contributed by atoms with van der Waals surface area (Å²) in [5, 5.41) is 9.60. The number of rotatable bonds is 4. The van der Waals surface area contributed by atoms with Crippen molar-refractivity contribution in [2.75, 3.05) is 0 Å². The minimum Gasteiger partial charge on any atom is -0.478 e. The van der Waals surface area contributed by atoms with E-state index in [-0.39, 0.29) is 11.4 Å². The van der Waals surface area contributed by atoms with Crippen LogP contribution in [0.25, 0.3) is 34.4 Å². The summed E-state index contributed by atoms with van der Waals surface area (Å²) in [5.74, 6) is -1.28. The third-order valence-electron chi connectivity index (χ3n) is 5.73. The van der Waals surface area contributed by atoms with Gasteiger partial charge < -0.3 is 5.11 Å². The number of carboxylic acids is 1. The first-order valence-corrected chi connectivity index (χ1v) is 10.1. The van der Waals surface area contributed by atoms with Crippen molar-refractivity contribution in [2.45, 2.75) is 6.42 Å². The predicted molar refractivity (Wildman–Crippen MR) is 122 cm³/mol. The summed E-state index contributed by atoms with van der Waals surface area (Å²) in [6.07, 6.45) is 4.69. The maximum Gasteiger partial charge on any atom is 0.336 e. The van der Waals surface area contributed by atoms with Gasteiger partial charge in [0.2, 0.25) is 0 Å². The van der Waals surface area contributed by atoms with Crippen LogP contribution in [0.15, 0.2) is 84.9 Å². The largest absolute Gasteiger partial charge is 0.478 e. The molecule has 0 saturated heterocycles. The molecule has 0 saturated carbocycles. The van der Waals surface area contributed by atoms with Crippen molar-refractivity contribution < 1.29 is 14.3 Å². The van der Waals surface area contributed by atoms with Gasteiger partial charge in [-0.1, -0.05) is 72.8 Å². The van der Waals surface area contributed by atoms with Gasteiger partial charge in [-0.2, -0.15) is 0 Å². The van der Waals surface area contributed by atoms with Crippen molar-refractivity contribution in [2.24, 2.45) is 0 Å². The molecule has 0 atom stereocenters. The highest BCUT2D eigenvalue weighted by molar-refractivity contribution is 5.94. The van der Waals surface area contributed by atoms with Gasteiger partial charge in [-0.15, -0.1) is 0 Å². The molecule has 0 unspecified atom stereocenters. The number of hydrogen-bond donors (Lipinski definition) is 1. The minimum absolute atomic E-state index is 0.232. The Hall–Kier alpha value is -3.98. The zero-order chi connectivity index (χ0) is 21.4. The fraction of sp³-hybridized carbons (Fsp3) is 0.0357. The van der Waals surface area contributed by atoms with Gasteiger partial charge in [0.1, 0.15) is 5.82 Å². The van der Waals surface area contributed by atoms with E-state index in [1.807, 2.05) is 18.2 Å². The van der Waals surface area contributed by atoms with E-state index in [0.29, 0.717) is 5.56 Å². The Morgan fingerprint density at radius 2 is 1.52 bits per heavy atom. The van der Waals surface area contributed by atoms with Gasteiger partial charge >= 0.3 is 5.97 Å². The molecule has 1 aliphatic carbocycles. The molecule has 0 heterocycles. The van der Waals surface area contributed by atoms with Gasteiger partial charge in [0, 0.05) is 0 Å². The summed E-state index contributed by atoms with van der Waals surface area (Å²) in [4.78, 5) is 11.7. The van der Waals surface area contributed by atoms with Crippen molar-refractivity contribution in [3.63, 3.8) is 0 Å². The van der Waals surface area contributed by atoms with Crippen LogP contribution in [0.4, 0.5) is 4.39 Å². The van der Waals surface area contributed by atoms with Crippen LogP contribution in [0, 0.1) is 5.82 Å². The zero-order valence-corrected chi connectivity index (χ0v) is 16.7. The molecule has 1 N–H and O–H groups in total. The maximum atomic E-state index is 13.3. The number of halogens is 1. The van der Waals surface area contributed by atoms with E-state index in [1.54, 1.807) is 24.3 Å². The number of carbonyl (C=O) groups is 1. The van der Waals surface area contributed by atoms with Crippen LogP contribution in [-0.4, -0.2) is 11.1 Å². The summed E-state index contributed by atoms with van der Waals surface area (Å²) in [5.41, 5.74) is 8.70. The molecule has 150 valence electrons. The number of benzene rings is 4. The van der Waals surface area contributed by atoms with E-state index < -0.39 is 5.97 Å². The molecule has 0 amide bonds. The monoisotopic (exact) mass is 406 g/mol. The van der Waals surface area contributed by atoms with Gasteiger partial charge in [-0.25, -0.2) is 9.18 Å². The SMILES string of the molecule is O=C(O)c1ccc(-c2ccc(F)cc2)cc1C=Cc1ccc2c(c1)Cc1ccccc1-2. The highest BCUT2D eigenvalue weighted by Gasteiger charge is 2.17. The van der Waals surface area contributed by atoms with Crippen molar-refractivity contribution in [3.05, 3.63) is 119 Å². The Balaban J connectivity index is 1.49. The molecule has 1 aliphatic rings. The second-order valence-corrected chi connectivity index (χ2v) is 7.70. The first-order valence-electron chi connectivity index (χ1n) is 10.1. The zero-order valence-electron chi connectivity index (χ0n) is 16.7. The fourth-order valence-corrected chi connectivity index (χ4v) is 4.17. The molecule has 3 heteroatoms. The van der Waals surface area contributed by atoms with Crippen LogP contribution in [0.5, 0.6) is 0 Å². The highest BCUT2D eigenvalue weighted by Crippen LogP contribution is 2.37. The number of hydrogen-bond acceptors (Lipinski definition) is 1. The van der Waals surface area contributed by atoms with Gasteiger partial charge in [0.25, 0.3) is 0 Å². The molecular weight excluding hydrogens is 387 g/mol. The quantitative estimate of drug-likeness (QED) is 0.329.